The average molecular weight is 491 g/mol. The summed E-state index contributed by atoms with van der Waals surface area (Å²) in [4.78, 5) is 12.6. The highest BCUT2D eigenvalue weighted by molar-refractivity contribution is 7.92. The average Bonchev–Trinajstić information content (AvgIpc) is 2.76. The molecule has 0 radical (unpaired) electrons. The molecule has 0 aliphatic rings. The van der Waals surface area contributed by atoms with Crippen LogP contribution in [-0.2, 0) is 14.8 Å². The first kappa shape index (κ1) is 27.5. The van der Waals surface area contributed by atoms with Gasteiger partial charge in [-0.2, -0.15) is 0 Å². The highest BCUT2D eigenvalue weighted by Crippen LogP contribution is 2.32. The molecule has 1 N–H and O–H groups in total. The largest absolute Gasteiger partial charge is 0.496 e. The normalized spacial score (nSPS) is 12.4. The molecule has 0 aromatic heterocycles. The summed E-state index contributed by atoms with van der Waals surface area (Å²) < 4.78 is 36.9. The lowest BCUT2D eigenvalue weighted by Gasteiger charge is -2.23. The number of hydrogen-bond donors (Lipinski definition) is 1. The van der Waals surface area contributed by atoms with Crippen molar-refractivity contribution in [1.29, 1.82) is 0 Å². The molecular formula is C26H38N2O5S. The van der Waals surface area contributed by atoms with Crippen LogP contribution in [0.1, 0.15) is 69.2 Å². The topological polar surface area (TPSA) is 84.9 Å². The van der Waals surface area contributed by atoms with Gasteiger partial charge in [0.05, 0.1) is 31.7 Å². The number of benzene rings is 2. The van der Waals surface area contributed by atoms with Crippen molar-refractivity contribution in [2.45, 2.75) is 59.4 Å². The third-order valence-corrected chi connectivity index (χ3v) is 6.88. The van der Waals surface area contributed by atoms with Crippen molar-refractivity contribution in [2.75, 3.05) is 30.8 Å². The maximum Gasteiger partial charge on any atom is 0.232 e. The summed E-state index contributed by atoms with van der Waals surface area (Å²) in [6.07, 6.45) is 1.79. The van der Waals surface area contributed by atoms with E-state index in [0.29, 0.717) is 30.4 Å². The third-order valence-electron chi connectivity index (χ3n) is 5.69. The smallest absolute Gasteiger partial charge is 0.232 e. The predicted octanol–water partition coefficient (Wildman–Crippen LogP) is 4.95. The Balaban J connectivity index is 2.02. The van der Waals surface area contributed by atoms with E-state index >= 15 is 0 Å². The van der Waals surface area contributed by atoms with Crippen LogP contribution in [0.2, 0.25) is 0 Å². The van der Waals surface area contributed by atoms with Gasteiger partial charge in [0.25, 0.3) is 0 Å². The predicted molar refractivity (Wildman–Crippen MR) is 137 cm³/mol. The van der Waals surface area contributed by atoms with Crippen molar-refractivity contribution in [3.05, 3.63) is 53.1 Å². The maximum absolute atomic E-state index is 12.6. The van der Waals surface area contributed by atoms with Crippen molar-refractivity contribution < 1.29 is 22.7 Å². The molecule has 0 spiro atoms. The van der Waals surface area contributed by atoms with Gasteiger partial charge in [0.15, 0.2) is 0 Å². The Hall–Kier alpha value is -2.74. The van der Waals surface area contributed by atoms with E-state index in [1.807, 2.05) is 26.8 Å². The number of nitrogens with one attached hydrogen (secondary N) is 1. The molecular weight excluding hydrogens is 452 g/mol. The molecule has 0 saturated heterocycles. The number of rotatable bonds is 12. The summed E-state index contributed by atoms with van der Waals surface area (Å²) in [5.74, 6) is 1.71. The first-order valence-electron chi connectivity index (χ1n) is 11.7. The van der Waals surface area contributed by atoms with E-state index in [1.54, 1.807) is 31.4 Å². The lowest BCUT2D eigenvalue weighted by Crippen LogP contribution is -2.32. The Morgan fingerprint density at radius 1 is 1.09 bits per heavy atom. The molecule has 0 saturated carbocycles. The Kier molecular flexibility index (Phi) is 9.79. The number of nitrogens with zero attached hydrogens (tertiary/aromatic N) is 1. The van der Waals surface area contributed by atoms with Crippen LogP contribution >= 0.6 is 0 Å². The molecule has 1 amide bonds. The fraction of sp³-hybridized carbons (Fsp3) is 0.500. The summed E-state index contributed by atoms with van der Waals surface area (Å²) >= 11 is 0. The zero-order valence-corrected chi connectivity index (χ0v) is 22.2. The molecule has 0 fully saturated rings. The van der Waals surface area contributed by atoms with E-state index < -0.39 is 10.0 Å². The minimum Gasteiger partial charge on any atom is -0.496 e. The van der Waals surface area contributed by atoms with Crippen molar-refractivity contribution in [3.8, 4) is 11.5 Å². The fourth-order valence-corrected chi connectivity index (χ4v) is 4.91. The number of anilines is 1. The van der Waals surface area contributed by atoms with Crippen molar-refractivity contribution in [1.82, 2.24) is 5.32 Å². The quantitative estimate of drug-likeness (QED) is 0.455. The molecule has 2 aromatic carbocycles. The Morgan fingerprint density at radius 2 is 1.74 bits per heavy atom. The third kappa shape index (κ3) is 7.38. The Bertz CT molecular complexity index is 1070. The maximum atomic E-state index is 12.6. The number of methoxy groups -OCH3 is 1. The number of amides is 1. The van der Waals surface area contributed by atoms with Gasteiger partial charge in [-0.1, -0.05) is 13.8 Å². The monoisotopic (exact) mass is 490 g/mol. The van der Waals surface area contributed by atoms with E-state index in [0.717, 1.165) is 22.4 Å². The number of aryl methyl sites for hydroxylation is 1. The molecule has 0 bridgehead atoms. The number of carbonyl (C=O) groups excluding carboxylic acids is 1. The number of sulfonamides is 1. The van der Waals surface area contributed by atoms with Crippen LogP contribution in [0.5, 0.6) is 11.5 Å². The minimum atomic E-state index is -3.48. The lowest BCUT2D eigenvalue weighted by molar-refractivity contribution is -0.121. The summed E-state index contributed by atoms with van der Waals surface area (Å²) in [5, 5.41) is 3.05. The van der Waals surface area contributed by atoms with Crippen LogP contribution in [0, 0.1) is 6.92 Å². The van der Waals surface area contributed by atoms with Crippen LogP contribution in [0.3, 0.4) is 0 Å². The van der Waals surface area contributed by atoms with Crippen molar-refractivity contribution in [2.24, 2.45) is 0 Å². The minimum absolute atomic E-state index is 0.117. The summed E-state index contributed by atoms with van der Waals surface area (Å²) in [6, 6.07) is 10.9. The fourth-order valence-electron chi connectivity index (χ4n) is 3.95. The molecule has 7 nitrogen and oxygen atoms in total. The van der Waals surface area contributed by atoms with Gasteiger partial charge in [0.2, 0.25) is 15.9 Å². The van der Waals surface area contributed by atoms with E-state index in [1.165, 1.54) is 10.6 Å². The van der Waals surface area contributed by atoms with Gasteiger partial charge in [-0.3, -0.25) is 9.10 Å². The molecule has 2 aromatic rings. The van der Waals surface area contributed by atoms with E-state index in [-0.39, 0.29) is 24.9 Å². The molecule has 0 aliphatic carbocycles. The van der Waals surface area contributed by atoms with Gasteiger partial charge in [-0.15, -0.1) is 0 Å². The van der Waals surface area contributed by atoms with Gasteiger partial charge in [-0.05, 0) is 86.2 Å². The molecule has 34 heavy (non-hydrogen) atoms. The molecule has 1 atom stereocenters. The van der Waals surface area contributed by atoms with Gasteiger partial charge in [0, 0.05) is 13.0 Å². The first-order chi connectivity index (χ1) is 16.0. The standard InChI is InChI=1S/C26H38N2O5S/c1-8-33-22-13-11-21(12-14-22)28(34(7,30)31)15-9-10-26(29)27-20(5)24-17-23(18(2)3)25(32-6)16-19(24)4/h11-14,16-18,20H,8-10,15H2,1-7H3,(H,27,29)/t20-/m1/s1. The van der Waals surface area contributed by atoms with Crippen molar-refractivity contribution >= 4 is 21.6 Å². The molecule has 2 rings (SSSR count). The lowest BCUT2D eigenvalue weighted by atomic mass is 9.93. The highest BCUT2D eigenvalue weighted by Gasteiger charge is 2.19. The van der Waals surface area contributed by atoms with E-state index in [2.05, 4.69) is 25.2 Å². The molecule has 0 heterocycles. The molecule has 188 valence electrons. The zero-order chi connectivity index (χ0) is 25.5. The first-order valence-corrected chi connectivity index (χ1v) is 13.5. The molecule has 8 heteroatoms. The van der Waals surface area contributed by atoms with Crippen LogP contribution in [0.15, 0.2) is 36.4 Å². The number of carbonyl (C=O) groups is 1. The van der Waals surface area contributed by atoms with E-state index in [9.17, 15) is 13.2 Å². The van der Waals surface area contributed by atoms with Gasteiger partial charge in [0.1, 0.15) is 11.5 Å². The van der Waals surface area contributed by atoms with Gasteiger partial charge < -0.3 is 14.8 Å². The summed E-state index contributed by atoms with van der Waals surface area (Å²) in [5.41, 5.74) is 3.75. The van der Waals surface area contributed by atoms with Crippen molar-refractivity contribution in [3.63, 3.8) is 0 Å². The van der Waals surface area contributed by atoms with Crippen LogP contribution in [0.25, 0.3) is 0 Å². The van der Waals surface area contributed by atoms with E-state index in [4.69, 9.17) is 9.47 Å². The second kappa shape index (κ2) is 12.1. The van der Waals surface area contributed by atoms with Crippen LogP contribution in [-0.4, -0.2) is 40.8 Å². The number of hydrogen-bond acceptors (Lipinski definition) is 5. The van der Waals surface area contributed by atoms with Gasteiger partial charge in [-0.25, -0.2) is 8.42 Å². The number of ether oxygens (including phenoxy) is 2. The zero-order valence-electron chi connectivity index (χ0n) is 21.3. The van der Waals surface area contributed by atoms with Gasteiger partial charge >= 0.3 is 0 Å². The van der Waals surface area contributed by atoms with Crippen LogP contribution < -0.4 is 19.1 Å². The SMILES string of the molecule is CCOc1ccc(N(CCCC(=O)N[C@H](C)c2cc(C(C)C)c(OC)cc2C)S(C)(=O)=O)cc1. The Labute approximate surface area is 204 Å². The second-order valence-electron chi connectivity index (χ2n) is 8.76. The molecule has 0 unspecified atom stereocenters. The van der Waals surface area contributed by atoms with Crippen LogP contribution in [0.4, 0.5) is 5.69 Å². The summed E-state index contributed by atoms with van der Waals surface area (Å²) in [6.45, 7) is 10.8. The summed E-state index contributed by atoms with van der Waals surface area (Å²) in [7, 11) is -1.82. The second-order valence-corrected chi connectivity index (χ2v) is 10.7. The highest BCUT2D eigenvalue weighted by atomic mass is 32.2. The molecule has 0 aliphatic heterocycles. The Morgan fingerprint density at radius 3 is 2.26 bits per heavy atom.